The Kier molecular flexibility index (Phi) is 4.98. The number of aromatic nitrogens is 4. The lowest BCUT2D eigenvalue weighted by Crippen LogP contribution is -2.38. The van der Waals surface area contributed by atoms with E-state index in [2.05, 4.69) is 36.9 Å². The summed E-state index contributed by atoms with van der Waals surface area (Å²) in [6.07, 6.45) is 2.93. The molecule has 4 rings (SSSR count). The highest BCUT2D eigenvalue weighted by Crippen LogP contribution is 2.22. The van der Waals surface area contributed by atoms with E-state index in [4.69, 9.17) is 14.2 Å². The van der Waals surface area contributed by atoms with E-state index in [-0.39, 0.29) is 0 Å². The van der Waals surface area contributed by atoms with Crippen molar-refractivity contribution in [1.82, 2.24) is 25.0 Å². The van der Waals surface area contributed by atoms with Crippen LogP contribution in [0.4, 0.5) is 11.8 Å². The lowest BCUT2D eigenvalue weighted by Gasteiger charge is -2.29. The second kappa shape index (κ2) is 7.55. The summed E-state index contributed by atoms with van der Waals surface area (Å²) < 4.78 is 10.5. The van der Waals surface area contributed by atoms with Crippen molar-refractivity contribution < 1.29 is 9.26 Å². The minimum Gasteiger partial charge on any atom is -0.378 e. The lowest BCUT2D eigenvalue weighted by molar-refractivity contribution is 0.122. The first-order valence-corrected chi connectivity index (χ1v) is 9.09. The zero-order valence-corrected chi connectivity index (χ0v) is 15.3. The smallest absolute Gasteiger partial charge is 0.227 e. The molecule has 0 saturated carbocycles. The number of rotatable bonds is 5. The van der Waals surface area contributed by atoms with E-state index >= 15 is 0 Å². The van der Waals surface area contributed by atoms with Gasteiger partial charge in [0.15, 0.2) is 5.82 Å². The molecule has 2 aliphatic heterocycles. The molecule has 4 heterocycles. The van der Waals surface area contributed by atoms with Gasteiger partial charge < -0.3 is 19.1 Å². The summed E-state index contributed by atoms with van der Waals surface area (Å²) in [5, 5.41) is 3.99. The molecule has 2 aliphatic rings. The van der Waals surface area contributed by atoms with Crippen LogP contribution < -0.4 is 9.80 Å². The van der Waals surface area contributed by atoms with Gasteiger partial charge >= 0.3 is 0 Å². The molecular formula is C17H25N7O2. The zero-order valence-electron chi connectivity index (χ0n) is 15.3. The van der Waals surface area contributed by atoms with Crippen molar-refractivity contribution in [2.75, 3.05) is 56.2 Å². The summed E-state index contributed by atoms with van der Waals surface area (Å²) >= 11 is 0. The maximum atomic E-state index is 5.41. The van der Waals surface area contributed by atoms with Gasteiger partial charge in [0.05, 0.1) is 19.8 Å². The summed E-state index contributed by atoms with van der Waals surface area (Å²) in [7, 11) is 2.11. The van der Waals surface area contributed by atoms with Crippen LogP contribution >= 0.6 is 0 Å². The Morgan fingerprint density at radius 2 is 2.08 bits per heavy atom. The third kappa shape index (κ3) is 3.78. The van der Waals surface area contributed by atoms with Gasteiger partial charge in [0.25, 0.3) is 0 Å². The third-order valence-corrected chi connectivity index (χ3v) is 5.01. The van der Waals surface area contributed by atoms with Crippen molar-refractivity contribution in [3.05, 3.63) is 24.0 Å². The Morgan fingerprint density at radius 1 is 1.23 bits per heavy atom. The molecule has 1 unspecified atom stereocenters. The number of likely N-dealkylation sites (tertiary alicyclic amines) is 1. The van der Waals surface area contributed by atoms with Crippen LogP contribution in [0.5, 0.6) is 0 Å². The second-order valence-electron chi connectivity index (χ2n) is 6.83. The number of ether oxygens (including phenoxy) is 1. The van der Waals surface area contributed by atoms with E-state index < -0.39 is 0 Å². The van der Waals surface area contributed by atoms with E-state index in [0.717, 1.165) is 69.9 Å². The highest BCUT2D eigenvalue weighted by molar-refractivity contribution is 5.44. The summed E-state index contributed by atoms with van der Waals surface area (Å²) in [5.41, 5.74) is 0. The van der Waals surface area contributed by atoms with Crippen LogP contribution in [-0.4, -0.2) is 77.5 Å². The molecule has 0 aromatic carbocycles. The van der Waals surface area contributed by atoms with E-state index in [1.807, 2.05) is 19.2 Å². The first-order chi connectivity index (χ1) is 12.7. The molecule has 26 heavy (non-hydrogen) atoms. The number of aryl methyl sites for hydroxylation is 1. The molecule has 0 bridgehead atoms. The fraction of sp³-hybridized carbons (Fsp3) is 0.647. The molecule has 0 aliphatic carbocycles. The first-order valence-electron chi connectivity index (χ1n) is 9.09. The maximum absolute atomic E-state index is 5.41. The molecule has 2 aromatic heterocycles. The topological polar surface area (TPSA) is 83.7 Å². The average Bonchev–Trinajstić information content (AvgIpc) is 3.31. The molecule has 0 amide bonds. The Hall–Kier alpha value is -2.26. The van der Waals surface area contributed by atoms with Crippen LogP contribution in [0.15, 0.2) is 16.8 Å². The van der Waals surface area contributed by atoms with Crippen LogP contribution in [0, 0.1) is 6.92 Å². The number of hydrogen-bond acceptors (Lipinski definition) is 9. The van der Waals surface area contributed by atoms with E-state index in [9.17, 15) is 0 Å². The van der Waals surface area contributed by atoms with Crippen LogP contribution in [0.3, 0.4) is 0 Å². The SMILES string of the molecule is Cc1nc(CN2CCC(N(C)c3ccnc(N4CCOCC4)n3)C2)no1. The van der Waals surface area contributed by atoms with E-state index in [1.54, 1.807) is 0 Å². The van der Waals surface area contributed by atoms with Crippen molar-refractivity contribution >= 4 is 11.8 Å². The monoisotopic (exact) mass is 359 g/mol. The predicted octanol–water partition coefficient (Wildman–Crippen LogP) is 0.715. The van der Waals surface area contributed by atoms with Gasteiger partial charge in [-0.3, -0.25) is 4.90 Å². The molecule has 9 nitrogen and oxygen atoms in total. The predicted molar refractivity (Wildman–Crippen MR) is 96.2 cm³/mol. The minimum atomic E-state index is 0.412. The van der Waals surface area contributed by atoms with E-state index in [1.165, 1.54) is 0 Å². The standard InChI is InChI=1S/C17H25N7O2/c1-13-19-15(21-26-13)12-23-6-4-14(11-23)22(2)16-3-5-18-17(20-16)24-7-9-25-10-8-24/h3,5,14H,4,6-12H2,1-2H3. The molecule has 0 spiro atoms. The Morgan fingerprint density at radius 3 is 2.85 bits per heavy atom. The number of morpholine rings is 1. The maximum Gasteiger partial charge on any atom is 0.227 e. The molecule has 2 saturated heterocycles. The zero-order chi connectivity index (χ0) is 17.9. The van der Waals surface area contributed by atoms with Gasteiger partial charge in [-0.1, -0.05) is 5.16 Å². The van der Waals surface area contributed by atoms with Gasteiger partial charge in [0.2, 0.25) is 11.8 Å². The quantitative estimate of drug-likeness (QED) is 0.766. The van der Waals surface area contributed by atoms with Gasteiger partial charge in [-0.15, -0.1) is 0 Å². The normalized spacial score (nSPS) is 21.3. The van der Waals surface area contributed by atoms with Gasteiger partial charge in [-0.2, -0.15) is 9.97 Å². The van der Waals surface area contributed by atoms with Crippen molar-refractivity contribution in [2.24, 2.45) is 0 Å². The summed E-state index contributed by atoms with van der Waals surface area (Å²) in [6.45, 7) is 7.67. The van der Waals surface area contributed by atoms with Crippen LogP contribution in [0.25, 0.3) is 0 Å². The molecule has 2 aromatic rings. The molecular weight excluding hydrogens is 334 g/mol. The fourth-order valence-electron chi connectivity index (χ4n) is 3.52. The molecule has 2 fully saturated rings. The van der Waals surface area contributed by atoms with Crippen molar-refractivity contribution in [3.63, 3.8) is 0 Å². The number of likely N-dealkylation sites (N-methyl/N-ethyl adjacent to an activating group) is 1. The largest absolute Gasteiger partial charge is 0.378 e. The van der Waals surface area contributed by atoms with Crippen molar-refractivity contribution in [2.45, 2.75) is 25.9 Å². The minimum absolute atomic E-state index is 0.412. The Balaban J connectivity index is 1.39. The van der Waals surface area contributed by atoms with Gasteiger partial charge in [-0.25, -0.2) is 4.98 Å². The van der Waals surface area contributed by atoms with Crippen LogP contribution in [0.2, 0.25) is 0 Å². The fourth-order valence-corrected chi connectivity index (χ4v) is 3.52. The van der Waals surface area contributed by atoms with Crippen molar-refractivity contribution in [3.8, 4) is 0 Å². The second-order valence-corrected chi connectivity index (χ2v) is 6.83. The number of hydrogen-bond donors (Lipinski definition) is 0. The molecule has 1 atom stereocenters. The molecule has 0 radical (unpaired) electrons. The summed E-state index contributed by atoms with van der Waals surface area (Å²) in [4.78, 5) is 20.3. The van der Waals surface area contributed by atoms with E-state index in [0.29, 0.717) is 11.9 Å². The van der Waals surface area contributed by atoms with Crippen molar-refractivity contribution in [1.29, 1.82) is 0 Å². The average molecular weight is 359 g/mol. The van der Waals surface area contributed by atoms with Gasteiger partial charge in [0.1, 0.15) is 5.82 Å². The summed E-state index contributed by atoms with van der Waals surface area (Å²) in [5.74, 6) is 3.12. The summed E-state index contributed by atoms with van der Waals surface area (Å²) in [6, 6.07) is 2.39. The highest BCUT2D eigenvalue weighted by atomic mass is 16.5. The first kappa shape index (κ1) is 17.2. The van der Waals surface area contributed by atoms with Crippen LogP contribution in [0.1, 0.15) is 18.1 Å². The van der Waals surface area contributed by atoms with Gasteiger partial charge in [-0.05, 0) is 12.5 Å². The Bertz CT molecular complexity index is 731. The lowest BCUT2D eigenvalue weighted by atomic mass is 10.2. The van der Waals surface area contributed by atoms with Crippen LogP contribution in [-0.2, 0) is 11.3 Å². The number of anilines is 2. The Labute approximate surface area is 153 Å². The highest BCUT2D eigenvalue weighted by Gasteiger charge is 2.28. The molecule has 0 N–H and O–H groups in total. The third-order valence-electron chi connectivity index (χ3n) is 5.01. The molecule has 140 valence electrons. The molecule has 9 heteroatoms. The number of nitrogens with zero attached hydrogens (tertiary/aromatic N) is 7. The van der Waals surface area contributed by atoms with Gasteiger partial charge in [0, 0.05) is 52.4 Å².